The van der Waals surface area contributed by atoms with Crippen LogP contribution in [0, 0.1) is 5.41 Å². The highest BCUT2D eigenvalue weighted by Gasteiger charge is 2.08. The summed E-state index contributed by atoms with van der Waals surface area (Å²) in [6, 6.07) is 12.7. The van der Waals surface area contributed by atoms with Gasteiger partial charge < -0.3 is 15.2 Å². The molecule has 5 heteroatoms. The van der Waals surface area contributed by atoms with Gasteiger partial charge in [-0.1, -0.05) is 29.8 Å². The third-order valence-corrected chi connectivity index (χ3v) is 3.10. The Morgan fingerprint density at radius 2 is 1.95 bits per heavy atom. The van der Waals surface area contributed by atoms with Crippen molar-refractivity contribution in [1.29, 1.82) is 5.41 Å². The Kier molecular flexibility index (Phi) is 4.48. The topological polar surface area (TPSA) is 68.3 Å². The fraction of sp³-hybridized carbons (Fsp3) is 0.133. The van der Waals surface area contributed by atoms with Crippen LogP contribution in [0.1, 0.15) is 11.1 Å². The number of halogens is 1. The number of nitrogens with one attached hydrogen (secondary N) is 1. The number of nitrogens with two attached hydrogens (primary N) is 1. The molecule has 0 radical (unpaired) electrons. The van der Waals surface area contributed by atoms with Crippen LogP contribution in [0.2, 0.25) is 5.02 Å². The number of rotatable bonds is 5. The van der Waals surface area contributed by atoms with Crippen molar-refractivity contribution < 1.29 is 9.47 Å². The zero-order valence-corrected chi connectivity index (χ0v) is 11.8. The molecule has 0 atom stereocenters. The van der Waals surface area contributed by atoms with Gasteiger partial charge in [-0.15, -0.1) is 0 Å². The van der Waals surface area contributed by atoms with Crippen LogP contribution in [-0.4, -0.2) is 12.9 Å². The van der Waals surface area contributed by atoms with Crippen molar-refractivity contribution in [2.75, 3.05) is 7.11 Å². The van der Waals surface area contributed by atoms with Gasteiger partial charge in [0, 0.05) is 0 Å². The van der Waals surface area contributed by atoms with E-state index in [1.165, 1.54) is 0 Å². The van der Waals surface area contributed by atoms with Gasteiger partial charge >= 0.3 is 0 Å². The molecule has 0 aromatic heterocycles. The summed E-state index contributed by atoms with van der Waals surface area (Å²) in [5.41, 5.74) is 6.97. The van der Waals surface area contributed by atoms with Crippen molar-refractivity contribution in [3.63, 3.8) is 0 Å². The molecule has 3 N–H and O–H groups in total. The van der Waals surface area contributed by atoms with Crippen molar-refractivity contribution in [1.82, 2.24) is 0 Å². The molecule has 0 aliphatic rings. The minimum absolute atomic E-state index is 0.0403. The maximum absolute atomic E-state index is 7.54. The predicted octanol–water partition coefficient (Wildman–Crippen LogP) is 3.21. The average Bonchev–Trinajstić information content (AvgIpc) is 2.46. The number of ether oxygens (including phenoxy) is 2. The molecule has 0 unspecified atom stereocenters. The average molecular weight is 291 g/mol. The largest absolute Gasteiger partial charge is 0.496 e. The van der Waals surface area contributed by atoms with Gasteiger partial charge in [0.25, 0.3) is 0 Å². The van der Waals surface area contributed by atoms with E-state index in [4.69, 9.17) is 32.2 Å². The van der Waals surface area contributed by atoms with E-state index in [0.717, 1.165) is 5.56 Å². The number of amidine groups is 1. The Bertz CT molecular complexity index is 629. The zero-order valence-electron chi connectivity index (χ0n) is 11.0. The molecule has 0 heterocycles. The predicted molar refractivity (Wildman–Crippen MR) is 79.8 cm³/mol. The van der Waals surface area contributed by atoms with E-state index in [2.05, 4.69) is 0 Å². The summed E-state index contributed by atoms with van der Waals surface area (Å²) in [4.78, 5) is 0. The van der Waals surface area contributed by atoms with Gasteiger partial charge in [0.1, 0.15) is 23.9 Å². The van der Waals surface area contributed by atoms with Crippen molar-refractivity contribution in [2.24, 2.45) is 5.73 Å². The van der Waals surface area contributed by atoms with Crippen LogP contribution >= 0.6 is 11.6 Å². The normalized spacial score (nSPS) is 10.1. The quantitative estimate of drug-likeness (QED) is 0.656. The van der Waals surface area contributed by atoms with Gasteiger partial charge in [0.15, 0.2) is 0 Å². The van der Waals surface area contributed by atoms with Crippen LogP contribution in [0.4, 0.5) is 0 Å². The number of para-hydroxylation sites is 1. The first-order valence-electron chi connectivity index (χ1n) is 6.00. The maximum atomic E-state index is 7.54. The second-order valence-electron chi connectivity index (χ2n) is 4.17. The van der Waals surface area contributed by atoms with Crippen LogP contribution < -0.4 is 15.2 Å². The molecular formula is C15H15ClN2O2. The smallest absolute Gasteiger partial charge is 0.138 e. The Labute approximate surface area is 122 Å². The highest BCUT2D eigenvalue weighted by atomic mass is 35.5. The Morgan fingerprint density at radius 3 is 2.60 bits per heavy atom. The van der Waals surface area contributed by atoms with Crippen LogP contribution in [0.25, 0.3) is 0 Å². The van der Waals surface area contributed by atoms with E-state index >= 15 is 0 Å². The number of methoxy groups -OCH3 is 1. The van der Waals surface area contributed by atoms with E-state index in [0.29, 0.717) is 28.7 Å². The van der Waals surface area contributed by atoms with E-state index in [9.17, 15) is 0 Å². The molecule has 0 fully saturated rings. The summed E-state index contributed by atoms with van der Waals surface area (Å²) < 4.78 is 10.8. The van der Waals surface area contributed by atoms with E-state index in [1.54, 1.807) is 31.4 Å². The molecule has 2 aromatic rings. The summed E-state index contributed by atoms with van der Waals surface area (Å²) in [6.45, 7) is 0.341. The number of nitrogen functional groups attached to an aromatic ring is 1. The minimum atomic E-state index is -0.0403. The number of hydrogen-bond donors (Lipinski definition) is 2. The highest BCUT2D eigenvalue weighted by molar-refractivity contribution is 6.32. The molecular weight excluding hydrogens is 276 g/mol. The second-order valence-corrected chi connectivity index (χ2v) is 4.57. The summed E-state index contributed by atoms with van der Waals surface area (Å²) in [7, 11) is 1.54. The Morgan fingerprint density at radius 1 is 1.20 bits per heavy atom. The first-order chi connectivity index (χ1) is 9.61. The van der Waals surface area contributed by atoms with E-state index in [-0.39, 0.29) is 5.84 Å². The number of hydrogen-bond acceptors (Lipinski definition) is 3. The van der Waals surface area contributed by atoms with Crippen molar-refractivity contribution >= 4 is 17.4 Å². The van der Waals surface area contributed by atoms with Crippen LogP contribution in [0.5, 0.6) is 11.5 Å². The molecule has 0 aliphatic carbocycles. The second kappa shape index (κ2) is 6.30. The minimum Gasteiger partial charge on any atom is -0.496 e. The molecule has 2 aromatic carbocycles. The Balaban J connectivity index is 2.16. The summed E-state index contributed by atoms with van der Waals surface area (Å²) in [5.74, 6) is 1.15. The third-order valence-electron chi connectivity index (χ3n) is 2.79. The standard InChI is InChI=1S/C15H15ClN2O2/c1-19-13-7-6-10(8-11(13)15(17)18)9-20-14-5-3-2-4-12(14)16/h2-8H,9H2,1H3,(H3,17,18). The van der Waals surface area contributed by atoms with Gasteiger partial charge in [-0.05, 0) is 29.8 Å². The van der Waals surface area contributed by atoms with Crippen molar-refractivity contribution in [3.8, 4) is 11.5 Å². The van der Waals surface area contributed by atoms with Crippen LogP contribution in [-0.2, 0) is 6.61 Å². The fourth-order valence-corrected chi connectivity index (χ4v) is 1.97. The number of benzene rings is 2. The first-order valence-corrected chi connectivity index (χ1v) is 6.38. The van der Waals surface area contributed by atoms with Gasteiger partial charge in [-0.25, -0.2) is 0 Å². The molecule has 0 aliphatic heterocycles. The molecule has 2 rings (SSSR count). The fourth-order valence-electron chi connectivity index (χ4n) is 1.78. The van der Waals surface area contributed by atoms with Crippen molar-refractivity contribution in [2.45, 2.75) is 6.61 Å². The summed E-state index contributed by atoms with van der Waals surface area (Å²) >= 11 is 6.02. The van der Waals surface area contributed by atoms with Gasteiger partial charge in [-0.2, -0.15) is 0 Å². The lowest BCUT2D eigenvalue weighted by molar-refractivity contribution is 0.306. The highest BCUT2D eigenvalue weighted by Crippen LogP contribution is 2.25. The van der Waals surface area contributed by atoms with E-state index < -0.39 is 0 Å². The third kappa shape index (κ3) is 3.22. The zero-order chi connectivity index (χ0) is 14.5. The molecule has 104 valence electrons. The molecule has 0 saturated heterocycles. The first kappa shape index (κ1) is 14.2. The Hall–Kier alpha value is -2.20. The monoisotopic (exact) mass is 290 g/mol. The molecule has 4 nitrogen and oxygen atoms in total. The SMILES string of the molecule is COc1ccc(COc2ccccc2Cl)cc1C(=N)N. The van der Waals surface area contributed by atoms with Gasteiger partial charge in [-0.3, -0.25) is 5.41 Å². The molecule has 0 saturated carbocycles. The maximum Gasteiger partial charge on any atom is 0.138 e. The molecule has 20 heavy (non-hydrogen) atoms. The summed E-state index contributed by atoms with van der Waals surface area (Å²) in [5, 5.41) is 8.11. The van der Waals surface area contributed by atoms with Crippen molar-refractivity contribution in [3.05, 3.63) is 58.6 Å². The lowest BCUT2D eigenvalue weighted by Gasteiger charge is -2.11. The van der Waals surface area contributed by atoms with Gasteiger partial charge in [0.05, 0.1) is 17.7 Å². The molecule has 0 amide bonds. The van der Waals surface area contributed by atoms with Crippen LogP contribution in [0.3, 0.4) is 0 Å². The molecule has 0 bridgehead atoms. The van der Waals surface area contributed by atoms with E-state index in [1.807, 2.05) is 18.2 Å². The van der Waals surface area contributed by atoms with Crippen LogP contribution in [0.15, 0.2) is 42.5 Å². The molecule has 0 spiro atoms. The lowest BCUT2D eigenvalue weighted by Crippen LogP contribution is -2.13. The summed E-state index contributed by atoms with van der Waals surface area (Å²) in [6.07, 6.45) is 0. The van der Waals surface area contributed by atoms with Gasteiger partial charge in [0.2, 0.25) is 0 Å². The lowest BCUT2D eigenvalue weighted by atomic mass is 10.1.